The third-order valence-corrected chi connectivity index (χ3v) is 4.86. The topological polar surface area (TPSA) is 84.1 Å². The van der Waals surface area contributed by atoms with Crippen LogP contribution in [0, 0.1) is 0 Å². The van der Waals surface area contributed by atoms with Gasteiger partial charge < -0.3 is 9.63 Å². The second kappa shape index (κ2) is 9.13. The molecule has 3 aromatic heterocycles. The molecule has 0 saturated carbocycles. The Labute approximate surface area is 173 Å². The molecule has 0 aliphatic heterocycles. The Hall–Kier alpha value is -2.80. The van der Waals surface area contributed by atoms with Crippen LogP contribution in [-0.4, -0.2) is 26.5 Å². The van der Waals surface area contributed by atoms with Crippen LogP contribution < -0.4 is 5.32 Å². The summed E-state index contributed by atoms with van der Waals surface area (Å²) in [5, 5.41) is 19.0. The molecule has 1 aromatic carbocycles. The molecule has 148 valence electrons. The summed E-state index contributed by atoms with van der Waals surface area (Å²) in [6.07, 6.45) is 3.31. The van der Waals surface area contributed by atoms with Gasteiger partial charge in [-0.2, -0.15) is 0 Å². The number of aryl methyl sites for hydroxylation is 1. The second-order valence-electron chi connectivity index (χ2n) is 6.83. The van der Waals surface area contributed by atoms with E-state index in [4.69, 9.17) is 16.1 Å². The molecule has 0 amide bonds. The van der Waals surface area contributed by atoms with Gasteiger partial charge >= 0.3 is 0 Å². The van der Waals surface area contributed by atoms with Crippen LogP contribution in [-0.2, 0) is 13.0 Å². The molecule has 0 saturated heterocycles. The average Bonchev–Trinajstić information content (AvgIpc) is 3.21. The third-order valence-electron chi connectivity index (χ3n) is 4.62. The second-order valence-corrected chi connectivity index (χ2v) is 7.27. The lowest BCUT2D eigenvalue weighted by atomic mass is 10.1. The molecule has 4 aromatic rings. The molecule has 2 N–H and O–H groups in total. The van der Waals surface area contributed by atoms with Gasteiger partial charge in [-0.15, -0.1) is 0 Å². The van der Waals surface area contributed by atoms with E-state index in [9.17, 15) is 5.11 Å². The minimum Gasteiger partial charge on any atom is -0.379 e. The summed E-state index contributed by atoms with van der Waals surface area (Å²) in [6, 6.07) is 17.2. The molecule has 4 rings (SSSR count). The lowest BCUT2D eigenvalue weighted by molar-refractivity contribution is 0.120. The maximum Gasteiger partial charge on any atom is 0.159 e. The summed E-state index contributed by atoms with van der Waals surface area (Å²) in [5.41, 5.74) is 3.34. The first-order chi connectivity index (χ1) is 14.2. The van der Waals surface area contributed by atoms with E-state index < -0.39 is 6.23 Å². The predicted octanol–water partition coefficient (Wildman–Crippen LogP) is 4.37. The summed E-state index contributed by atoms with van der Waals surface area (Å²) in [7, 11) is 0. The number of aliphatic hydroxyl groups is 1. The molecule has 0 bridgehead atoms. The van der Waals surface area contributed by atoms with E-state index >= 15 is 0 Å². The smallest absolute Gasteiger partial charge is 0.159 e. The standard InChI is InChI=1S/C22H21ClN4O2/c23-17-6-1-4-16(12-17)20-13-19(29-27-20)14-25-21(28)8-2-7-18-10-9-15-5-3-11-24-22(15)26-18/h1,3-6,9-13,21,25,28H,2,7-8,14H2. The van der Waals surface area contributed by atoms with Crippen molar-refractivity contribution >= 4 is 22.6 Å². The Morgan fingerprint density at radius 1 is 1.10 bits per heavy atom. The summed E-state index contributed by atoms with van der Waals surface area (Å²) in [4.78, 5) is 8.84. The Balaban J connectivity index is 1.24. The first kappa shape index (κ1) is 19.5. The van der Waals surface area contributed by atoms with Crippen molar-refractivity contribution in [2.24, 2.45) is 0 Å². The zero-order valence-corrected chi connectivity index (χ0v) is 16.5. The van der Waals surface area contributed by atoms with Gasteiger partial charge in [0.1, 0.15) is 11.9 Å². The zero-order valence-electron chi connectivity index (χ0n) is 15.8. The molecule has 0 aliphatic rings. The molecule has 7 heteroatoms. The Morgan fingerprint density at radius 2 is 2.03 bits per heavy atom. The van der Waals surface area contributed by atoms with Crippen molar-refractivity contribution in [2.75, 3.05) is 0 Å². The SMILES string of the molecule is OC(CCCc1ccc2cccnc2n1)NCc1cc(-c2cccc(Cl)c2)no1. The highest BCUT2D eigenvalue weighted by Crippen LogP contribution is 2.22. The number of hydrogen-bond acceptors (Lipinski definition) is 6. The van der Waals surface area contributed by atoms with Gasteiger partial charge in [0.15, 0.2) is 11.4 Å². The van der Waals surface area contributed by atoms with Gasteiger partial charge in [-0.05, 0) is 55.7 Å². The van der Waals surface area contributed by atoms with Crippen LogP contribution in [0.3, 0.4) is 0 Å². The number of hydrogen-bond donors (Lipinski definition) is 2. The van der Waals surface area contributed by atoms with E-state index in [0.717, 1.165) is 40.8 Å². The van der Waals surface area contributed by atoms with Gasteiger partial charge in [0, 0.05) is 33.9 Å². The summed E-state index contributed by atoms with van der Waals surface area (Å²) in [6.45, 7) is 0.396. The molecule has 6 nitrogen and oxygen atoms in total. The molecule has 3 heterocycles. The molecule has 1 atom stereocenters. The van der Waals surface area contributed by atoms with E-state index in [1.54, 1.807) is 6.20 Å². The first-order valence-electron chi connectivity index (χ1n) is 9.51. The van der Waals surface area contributed by atoms with Gasteiger partial charge in [0.25, 0.3) is 0 Å². The van der Waals surface area contributed by atoms with E-state index in [2.05, 4.69) is 20.4 Å². The molecule has 0 spiro atoms. The normalized spacial score (nSPS) is 12.3. The van der Waals surface area contributed by atoms with Crippen molar-refractivity contribution in [3.63, 3.8) is 0 Å². The number of rotatable bonds is 8. The molecular weight excluding hydrogens is 388 g/mol. The first-order valence-corrected chi connectivity index (χ1v) is 9.89. The van der Waals surface area contributed by atoms with Crippen LogP contribution in [0.2, 0.25) is 5.02 Å². The maximum atomic E-state index is 10.2. The number of aliphatic hydroxyl groups excluding tert-OH is 1. The molecular formula is C22H21ClN4O2. The van der Waals surface area contributed by atoms with Crippen LogP contribution in [0.15, 0.2) is 65.3 Å². The molecule has 1 unspecified atom stereocenters. The van der Waals surface area contributed by atoms with Crippen LogP contribution >= 0.6 is 11.6 Å². The van der Waals surface area contributed by atoms with Crippen molar-refractivity contribution in [1.29, 1.82) is 0 Å². The fourth-order valence-corrected chi connectivity index (χ4v) is 3.30. The van der Waals surface area contributed by atoms with Crippen molar-refractivity contribution in [1.82, 2.24) is 20.4 Å². The highest BCUT2D eigenvalue weighted by molar-refractivity contribution is 6.30. The monoisotopic (exact) mass is 408 g/mol. The lowest BCUT2D eigenvalue weighted by Gasteiger charge is -2.11. The molecule has 29 heavy (non-hydrogen) atoms. The van der Waals surface area contributed by atoms with Crippen LogP contribution in [0.5, 0.6) is 0 Å². The van der Waals surface area contributed by atoms with Gasteiger partial charge in [-0.25, -0.2) is 9.97 Å². The van der Waals surface area contributed by atoms with Crippen LogP contribution in [0.25, 0.3) is 22.3 Å². The van der Waals surface area contributed by atoms with E-state index in [1.165, 1.54) is 0 Å². The van der Waals surface area contributed by atoms with Crippen LogP contribution in [0.1, 0.15) is 24.3 Å². The van der Waals surface area contributed by atoms with Gasteiger partial charge in [0.2, 0.25) is 0 Å². The molecule has 0 fully saturated rings. The Bertz CT molecular complexity index is 1100. The predicted molar refractivity (Wildman–Crippen MR) is 112 cm³/mol. The van der Waals surface area contributed by atoms with Crippen molar-refractivity contribution in [3.8, 4) is 11.3 Å². The van der Waals surface area contributed by atoms with Gasteiger partial charge in [-0.1, -0.05) is 28.9 Å². The van der Waals surface area contributed by atoms with E-state index in [-0.39, 0.29) is 0 Å². The average molecular weight is 409 g/mol. The quantitative estimate of drug-likeness (QED) is 0.421. The van der Waals surface area contributed by atoms with Crippen molar-refractivity contribution < 1.29 is 9.63 Å². The maximum absolute atomic E-state index is 10.2. The fraction of sp³-hybridized carbons (Fsp3) is 0.227. The van der Waals surface area contributed by atoms with E-state index in [0.29, 0.717) is 23.7 Å². The number of nitrogens with one attached hydrogen (secondary N) is 1. The van der Waals surface area contributed by atoms with Gasteiger partial charge in [0.05, 0.1) is 6.54 Å². The highest BCUT2D eigenvalue weighted by atomic mass is 35.5. The number of nitrogens with zero attached hydrogens (tertiary/aromatic N) is 3. The molecule has 0 aliphatic carbocycles. The number of halogens is 1. The molecule has 0 radical (unpaired) electrons. The van der Waals surface area contributed by atoms with Crippen molar-refractivity contribution in [3.05, 3.63) is 77.3 Å². The third kappa shape index (κ3) is 5.17. The van der Waals surface area contributed by atoms with E-state index in [1.807, 2.05) is 54.6 Å². The number of aromatic nitrogens is 3. The van der Waals surface area contributed by atoms with Crippen LogP contribution in [0.4, 0.5) is 0 Å². The number of pyridine rings is 2. The summed E-state index contributed by atoms with van der Waals surface area (Å²) >= 11 is 6.01. The Morgan fingerprint density at radius 3 is 2.93 bits per heavy atom. The summed E-state index contributed by atoms with van der Waals surface area (Å²) < 4.78 is 5.34. The Kier molecular flexibility index (Phi) is 6.14. The van der Waals surface area contributed by atoms with Gasteiger partial charge in [-0.3, -0.25) is 5.32 Å². The minimum absolute atomic E-state index is 0.396. The number of fused-ring (bicyclic) bond motifs is 1. The highest BCUT2D eigenvalue weighted by Gasteiger charge is 2.10. The zero-order chi connectivity index (χ0) is 20.1. The minimum atomic E-state index is -0.631. The largest absolute Gasteiger partial charge is 0.379 e. The number of benzene rings is 1. The summed E-state index contributed by atoms with van der Waals surface area (Å²) in [5.74, 6) is 0.654. The van der Waals surface area contributed by atoms with Crippen molar-refractivity contribution in [2.45, 2.75) is 32.0 Å². The lowest BCUT2D eigenvalue weighted by Crippen LogP contribution is -2.28. The fourth-order valence-electron chi connectivity index (χ4n) is 3.11.